The van der Waals surface area contributed by atoms with Gasteiger partial charge in [-0.05, 0) is 35.7 Å². The fourth-order valence-corrected chi connectivity index (χ4v) is 2.45. The van der Waals surface area contributed by atoms with Gasteiger partial charge in [0.05, 0.1) is 0 Å². The van der Waals surface area contributed by atoms with E-state index in [1.54, 1.807) is 35.6 Å². The second-order valence-corrected chi connectivity index (χ2v) is 5.98. The number of hydrogen-bond acceptors (Lipinski definition) is 7. The van der Waals surface area contributed by atoms with E-state index in [1.165, 1.54) is 0 Å². The van der Waals surface area contributed by atoms with Gasteiger partial charge in [0.2, 0.25) is 0 Å². The summed E-state index contributed by atoms with van der Waals surface area (Å²) in [6.07, 6.45) is -0.582. The van der Waals surface area contributed by atoms with E-state index in [1.807, 2.05) is 16.8 Å². The maximum absolute atomic E-state index is 10.6. The molecule has 0 aliphatic rings. The first-order valence-electron chi connectivity index (χ1n) is 7.81. The molecule has 0 saturated carbocycles. The van der Waals surface area contributed by atoms with Crippen LogP contribution >= 0.6 is 11.3 Å². The molecule has 1 atom stereocenters. The number of primary amides is 1. The van der Waals surface area contributed by atoms with E-state index >= 15 is 0 Å². The van der Waals surface area contributed by atoms with Crippen molar-refractivity contribution < 1.29 is 24.1 Å². The molecule has 0 spiro atoms. The Kier molecular flexibility index (Phi) is 8.03. The predicted molar refractivity (Wildman–Crippen MR) is 95.3 cm³/mol. The van der Waals surface area contributed by atoms with Crippen molar-refractivity contribution in [1.82, 2.24) is 5.32 Å². The second kappa shape index (κ2) is 10.5. The van der Waals surface area contributed by atoms with E-state index in [4.69, 9.17) is 19.9 Å². The van der Waals surface area contributed by atoms with Crippen LogP contribution in [0.15, 0.2) is 41.1 Å². The van der Waals surface area contributed by atoms with E-state index in [9.17, 15) is 9.90 Å². The van der Waals surface area contributed by atoms with Crippen LogP contribution in [-0.4, -0.2) is 50.0 Å². The van der Waals surface area contributed by atoms with Crippen molar-refractivity contribution in [1.29, 1.82) is 0 Å². The molecule has 2 aromatic rings. The van der Waals surface area contributed by atoms with Crippen LogP contribution in [0.1, 0.15) is 0 Å². The SMILES string of the molecule is NC(=O)COc1ccc(OCCNC[C@H](O)COc2ccsc2)cc1. The topological polar surface area (TPSA) is 103 Å². The van der Waals surface area contributed by atoms with E-state index in [0.717, 1.165) is 5.75 Å². The quantitative estimate of drug-likeness (QED) is 0.485. The number of nitrogens with one attached hydrogen (secondary N) is 1. The molecular formula is C17H22N2O5S. The number of benzene rings is 1. The lowest BCUT2D eigenvalue weighted by molar-refractivity contribution is -0.119. The minimum Gasteiger partial charge on any atom is -0.492 e. The summed E-state index contributed by atoms with van der Waals surface area (Å²) in [6.45, 7) is 1.57. The third-order valence-corrected chi connectivity index (χ3v) is 3.73. The summed E-state index contributed by atoms with van der Waals surface area (Å²) in [6, 6.07) is 8.77. The summed E-state index contributed by atoms with van der Waals surface area (Å²) in [7, 11) is 0. The molecule has 2 rings (SSSR count). The van der Waals surface area contributed by atoms with Gasteiger partial charge in [-0.15, -0.1) is 11.3 Å². The van der Waals surface area contributed by atoms with Crippen LogP contribution in [0.25, 0.3) is 0 Å². The Hall–Kier alpha value is -2.29. The van der Waals surface area contributed by atoms with Crippen LogP contribution in [-0.2, 0) is 4.79 Å². The number of aliphatic hydroxyl groups is 1. The van der Waals surface area contributed by atoms with Gasteiger partial charge in [-0.25, -0.2) is 0 Å². The highest BCUT2D eigenvalue weighted by Crippen LogP contribution is 2.17. The van der Waals surface area contributed by atoms with Crippen molar-refractivity contribution >= 4 is 17.2 Å². The van der Waals surface area contributed by atoms with Crippen molar-refractivity contribution in [3.8, 4) is 17.2 Å². The maximum atomic E-state index is 10.6. The Balaban J connectivity index is 1.54. The molecule has 4 N–H and O–H groups in total. The first-order chi connectivity index (χ1) is 12.1. The summed E-state index contributed by atoms with van der Waals surface area (Å²) in [4.78, 5) is 10.6. The highest BCUT2D eigenvalue weighted by Gasteiger charge is 2.05. The normalized spacial score (nSPS) is 11.7. The maximum Gasteiger partial charge on any atom is 0.255 e. The van der Waals surface area contributed by atoms with Crippen LogP contribution < -0.4 is 25.3 Å². The molecule has 136 valence electrons. The number of thiophene rings is 1. The zero-order valence-electron chi connectivity index (χ0n) is 13.7. The average Bonchev–Trinajstić information content (AvgIpc) is 3.12. The van der Waals surface area contributed by atoms with E-state index in [2.05, 4.69) is 5.32 Å². The Morgan fingerprint density at radius 3 is 2.48 bits per heavy atom. The number of carbonyl (C=O) groups is 1. The second-order valence-electron chi connectivity index (χ2n) is 5.20. The molecule has 1 amide bonds. The zero-order valence-corrected chi connectivity index (χ0v) is 14.5. The van der Waals surface area contributed by atoms with Crippen molar-refractivity contribution in [2.45, 2.75) is 6.10 Å². The Labute approximate surface area is 150 Å². The molecule has 0 saturated heterocycles. The van der Waals surface area contributed by atoms with E-state index < -0.39 is 12.0 Å². The number of aliphatic hydroxyl groups excluding tert-OH is 1. The Morgan fingerprint density at radius 2 is 1.84 bits per heavy atom. The molecule has 0 aliphatic carbocycles. The van der Waals surface area contributed by atoms with Crippen LogP contribution in [0.5, 0.6) is 17.2 Å². The molecular weight excluding hydrogens is 344 g/mol. The molecule has 1 aromatic heterocycles. The molecule has 0 bridgehead atoms. The molecule has 7 nitrogen and oxygen atoms in total. The molecule has 0 radical (unpaired) electrons. The van der Waals surface area contributed by atoms with Gasteiger partial charge >= 0.3 is 0 Å². The number of carbonyl (C=O) groups excluding carboxylic acids is 1. The summed E-state index contributed by atoms with van der Waals surface area (Å²) < 4.78 is 16.2. The van der Waals surface area contributed by atoms with Crippen LogP contribution in [0, 0.1) is 0 Å². The van der Waals surface area contributed by atoms with Gasteiger partial charge in [-0.2, -0.15) is 0 Å². The fraction of sp³-hybridized carbons (Fsp3) is 0.353. The summed E-state index contributed by atoms with van der Waals surface area (Å²) in [5, 5.41) is 16.7. The minimum atomic E-state index is -0.582. The lowest BCUT2D eigenvalue weighted by Gasteiger charge is -2.13. The highest BCUT2D eigenvalue weighted by molar-refractivity contribution is 7.08. The molecule has 25 heavy (non-hydrogen) atoms. The standard InChI is InChI=1S/C17H22N2O5S/c18-17(21)11-24-15-3-1-14(2-4-15)22-7-6-19-9-13(20)10-23-16-5-8-25-12-16/h1-5,8,12-13,19-20H,6-7,9-11H2,(H2,18,21)/t13-/m0/s1. The van der Waals surface area contributed by atoms with Gasteiger partial charge in [0.1, 0.15) is 36.6 Å². The van der Waals surface area contributed by atoms with Crippen molar-refractivity contribution in [2.24, 2.45) is 5.73 Å². The van der Waals surface area contributed by atoms with E-state index in [-0.39, 0.29) is 13.2 Å². The predicted octanol–water partition coefficient (Wildman–Crippen LogP) is 1.02. The molecule has 0 fully saturated rings. The van der Waals surface area contributed by atoms with Gasteiger partial charge in [0, 0.05) is 18.5 Å². The lowest BCUT2D eigenvalue weighted by Crippen LogP contribution is -2.33. The van der Waals surface area contributed by atoms with Gasteiger partial charge < -0.3 is 30.4 Å². The third kappa shape index (κ3) is 7.88. The number of hydrogen-bond donors (Lipinski definition) is 3. The van der Waals surface area contributed by atoms with Crippen molar-refractivity contribution in [2.75, 3.05) is 32.9 Å². The molecule has 0 unspecified atom stereocenters. The number of nitrogens with two attached hydrogens (primary N) is 1. The average molecular weight is 366 g/mol. The third-order valence-electron chi connectivity index (χ3n) is 3.07. The largest absolute Gasteiger partial charge is 0.492 e. The van der Waals surface area contributed by atoms with Gasteiger partial charge in [0.25, 0.3) is 5.91 Å². The Morgan fingerprint density at radius 1 is 1.12 bits per heavy atom. The van der Waals surface area contributed by atoms with E-state index in [0.29, 0.717) is 31.2 Å². The monoisotopic (exact) mass is 366 g/mol. The van der Waals surface area contributed by atoms with Crippen LogP contribution in [0.2, 0.25) is 0 Å². The minimum absolute atomic E-state index is 0.150. The molecule has 0 aliphatic heterocycles. The van der Waals surface area contributed by atoms with Gasteiger partial charge in [-0.3, -0.25) is 4.79 Å². The lowest BCUT2D eigenvalue weighted by atomic mass is 10.3. The van der Waals surface area contributed by atoms with Gasteiger partial charge in [-0.1, -0.05) is 0 Å². The highest BCUT2D eigenvalue weighted by atomic mass is 32.1. The summed E-state index contributed by atoms with van der Waals surface area (Å²) >= 11 is 1.55. The molecule has 1 heterocycles. The zero-order chi connectivity index (χ0) is 17.9. The van der Waals surface area contributed by atoms with Gasteiger partial charge in [0.15, 0.2) is 6.61 Å². The summed E-state index contributed by atoms with van der Waals surface area (Å²) in [5.41, 5.74) is 5.01. The fourth-order valence-electron chi connectivity index (χ4n) is 1.88. The van der Waals surface area contributed by atoms with Crippen LogP contribution in [0.4, 0.5) is 0 Å². The van der Waals surface area contributed by atoms with Crippen molar-refractivity contribution in [3.63, 3.8) is 0 Å². The number of amides is 1. The van der Waals surface area contributed by atoms with Crippen molar-refractivity contribution in [3.05, 3.63) is 41.1 Å². The smallest absolute Gasteiger partial charge is 0.255 e. The summed E-state index contributed by atoms with van der Waals surface area (Å²) in [5.74, 6) is 1.50. The molecule has 8 heteroatoms. The first-order valence-corrected chi connectivity index (χ1v) is 8.75. The Bertz CT molecular complexity index is 618. The van der Waals surface area contributed by atoms with Crippen LogP contribution in [0.3, 0.4) is 0 Å². The number of rotatable bonds is 12. The first kappa shape index (κ1) is 19.0. The molecule has 1 aromatic carbocycles. The number of ether oxygens (including phenoxy) is 3.